The molecule has 5 unspecified atom stereocenters. The van der Waals surface area contributed by atoms with Gasteiger partial charge in [0.05, 0.1) is 5.69 Å². The lowest BCUT2D eigenvalue weighted by Crippen LogP contribution is -2.34. The Morgan fingerprint density at radius 2 is 1.70 bits per heavy atom. The summed E-state index contributed by atoms with van der Waals surface area (Å²) in [5.41, 5.74) is 2.54. The summed E-state index contributed by atoms with van der Waals surface area (Å²) in [5.74, 6) is 4.03. The first-order valence-corrected chi connectivity index (χ1v) is 9.44. The van der Waals surface area contributed by atoms with Crippen molar-refractivity contribution in [2.24, 2.45) is 23.7 Å². The van der Waals surface area contributed by atoms with Crippen molar-refractivity contribution in [2.75, 3.05) is 5.32 Å². The van der Waals surface area contributed by atoms with Gasteiger partial charge in [0.1, 0.15) is 0 Å². The number of rotatable bonds is 2. The van der Waals surface area contributed by atoms with E-state index in [0.29, 0.717) is 6.04 Å². The van der Waals surface area contributed by atoms with E-state index >= 15 is 0 Å². The summed E-state index contributed by atoms with van der Waals surface area (Å²) in [4.78, 5) is 0. The lowest BCUT2D eigenvalue weighted by Gasteiger charge is -2.33. The normalized spacial score (nSPS) is 38.2. The number of anilines is 1. The first-order chi connectivity index (χ1) is 9.63. The Morgan fingerprint density at radius 1 is 1.00 bits per heavy atom. The van der Waals surface area contributed by atoms with E-state index in [0.717, 1.165) is 23.7 Å². The molecule has 1 N–H and O–H groups in total. The average molecular weight is 399 g/mol. The van der Waals surface area contributed by atoms with E-state index in [1.165, 1.54) is 52.3 Å². The summed E-state index contributed by atoms with van der Waals surface area (Å²) < 4.78 is 2.38. The van der Waals surface area contributed by atoms with E-state index in [9.17, 15) is 0 Å². The van der Waals surface area contributed by atoms with Gasteiger partial charge in [0.15, 0.2) is 0 Å². The second-order valence-corrected chi connectivity index (χ2v) is 8.72. The van der Waals surface area contributed by atoms with E-state index in [1.54, 1.807) is 0 Å². The fourth-order valence-corrected chi connectivity index (χ4v) is 6.90. The standard InChI is InChI=1S/C17H21Br2N/c1-9-5-14(18)17(15(19)6-9)20-16-8-10-7-13(16)12-4-2-3-11(10)12/h5-6,10-13,16,20H,2-4,7-8H2,1H3. The van der Waals surface area contributed by atoms with Gasteiger partial charge in [-0.1, -0.05) is 6.42 Å². The minimum absolute atomic E-state index is 0.689. The van der Waals surface area contributed by atoms with Gasteiger partial charge in [-0.3, -0.25) is 0 Å². The maximum absolute atomic E-state index is 3.85. The Hall–Kier alpha value is -0.0200. The Kier molecular flexibility index (Phi) is 3.42. The first kappa shape index (κ1) is 13.6. The summed E-state index contributed by atoms with van der Waals surface area (Å²) in [6.07, 6.45) is 7.34. The third-order valence-electron chi connectivity index (χ3n) is 5.94. The van der Waals surface area contributed by atoms with Crippen LogP contribution in [0.4, 0.5) is 5.69 Å². The van der Waals surface area contributed by atoms with Crippen LogP contribution in [-0.4, -0.2) is 6.04 Å². The fourth-order valence-electron chi connectivity index (χ4n) is 5.26. The fraction of sp³-hybridized carbons (Fsp3) is 0.647. The maximum atomic E-state index is 3.85. The van der Waals surface area contributed by atoms with Crippen molar-refractivity contribution in [1.82, 2.24) is 0 Å². The number of halogens is 2. The van der Waals surface area contributed by atoms with Gasteiger partial charge in [-0.05, 0) is 106 Å². The molecule has 20 heavy (non-hydrogen) atoms. The molecule has 3 saturated carbocycles. The van der Waals surface area contributed by atoms with Crippen LogP contribution in [0.15, 0.2) is 21.1 Å². The number of hydrogen-bond acceptors (Lipinski definition) is 1. The van der Waals surface area contributed by atoms with Crippen LogP contribution in [-0.2, 0) is 0 Å². The largest absolute Gasteiger partial charge is 0.380 e. The summed E-state index contributed by atoms with van der Waals surface area (Å²) in [5, 5.41) is 3.85. The summed E-state index contributed by atoms with van der Waals surface area (Å²) in [6, 6.07) is 5.10. The zero-order valence-electron chi connectivity index (χ0n) is 11.8. The van der Waals surface area contributed by atoms with Gasteiger partial charge >= 0.3 is 0 Å². The molecule has 0 aliphatic heterocycles. The SMILES string of the molecule is Cc1cc(Br)c(NC2CC3CC2C2CCCC32)c(Br)c1. The highest BCUT2D eigenvalue weighted by Gasteiger charge is 2.53. The van der Waals surface area contributed by atoms with Gasteiger partial charge in [-0.15, -0.1) is 0 Å². The van der Waals surface area contributed by atoms with Gasteiger partial charge in [0, 0.05) is 15.0 Å². The predicted octanol–water partition coefficient (Wildman–Crippen LogP) is 5.76. The third kappa shape index (κ3) is 2.08. The van der Waals surface area contributed by atoms with Crippen molar-refractivity contribution in [3.63, 3.8) is 0 Å². The summed E-state index contributed by atoms with van der Waals surface area (Å²) in [7, 11) is 0. The second-order valence-electron chi connectivity index (χ2n) is 7.01. The van der Waals surface area contributed by atoms with Crippen molar-refractivity contribution in [2.45, 2.75) is 45.1 Å². The molecule has 3 aliphatic carbocycles. The van der Waals surface area contributed by atoms with Crippen molar-refractivity contribution >= 4 is 37.5 Å². The number of benzene rings is 1. The monoisotopic (exact) mass is 397 g/mol. The van der Waals surface area contributed by atoms with E-state index in [-0.39, 0.29) is 0 Å². The van der Waals surface area contributed by atoms with Crippen LogP contribution in [0.25, 0.3) is 0 Å². The molecule has 0 radical (unpaired) electrons. The molecule has 1 aromatic rings. The molecule has 0 aromatic heterocycles. The van der Waals surface area contributed by atoms with Crippen molar-refractivity contribution < 1.29 is 0 Å². The van der Waals surface area contributed by atoms with E-state index in [1.807, 2.05) is 0 Å². The Morgan fingerprint density at radius 3 is 2.45 bits per heavy atom. The van der Waals surface area contributed by atoms with Crippen LogP contribution in [0.2, 0.25) is 0 Å². The minimum Gasteiger partial charge on any atom is -0.380 e. The number of hydrogen-bond donors (Lipinski definition) is 1. The van der Waals surface area contributed by atoms with Crippen LogP contribution in [0.5, 0.6) is 0 Å². The van der Waals surface area contributed by atoms with Crippen LogP contribution in [0.3, 0.4) is 0 Å². The molecular formula is C17H21Br2N. The van der Waals surface area contributed by atoms with E-state index in [2.05, 4.69) is 56.2 Å². The predicted molar refractivity (Wildman–Crippen MR) is 91.0 cm³/mol. The van der Waals surface area contributed by atoms with Crippen LogP contribution in [0, 0.1) is 30.6 Å². The quantitative estimate of drug-likeness (QED) is 0.667. The molecule has 3 heteroatoms. The molecule has 1 nitrogen and oxygen atoms in total. The van der Waals surface area contributed by atoms with Crippen LogP contribution < -0.4 is 5.32 Å². The van der Waals surface area contributed by atoms with E-state index in [4.69, 9.17) is 0 Å². The molecule has 0 saturated heterocycles. The van der Waals surface area contributed by atoms with Gasteiger partial charge in [0.25, 0.3) is 0 Å². The Labute approximate surface area is 138 Å². The minimum atomic E-state index is 0.689. The lowest BCUT2D eigenvalue weighted by atomic mass is 9.79. The van der Waals surface area contributed by atoms with Gasteiger partial charge in [0.2, 0.25) is 0 Å². The maximum Gasteiger partial charge on any atom is 0.0631 e. The average Bonchev–Trinajstić information content (AvgIpc) is 3.05. The zero-order chi connectivity index (χ0) is 13.9. The highest BCUT2D eigenvalue weighted by Crippen LogP contribution is 2.59. The molecule has 0 heterocycles. The lowest BCUT2D eigenvalue weighted by molar-refractivity contribution is 0.243. The van der Waals surface area contributed by atoms with Crippen molar-refractivity contribution in [3.8, 4) is 0 Å². The molecule has 3 aliphatic rings. The van der Waals surface area contributed by atoms with Gasteiger partial charge in [-0.25, -0.2) is 0 Å². The summed E-state index contributed by atoms with van der Waals surface area (Å²) >= 11 is 7.44. The molecule has 4 rings (SSSR count). The number of aryl methyl sites for hydroxylation is 1. The molecule has 0 spiro atoms. The highest BCUT2D eigenvalue weighted by atomic mass is 79.9. The smallest absolute Gasteiger partial charge is 0.0631 e. The van der Waals surface area contributed by atoms with Gasteiger partial charge < -0.3 is 5.32 Å². The molecule has 5 atom stereocenters. The molecule has 3 fully saturated rings. The zero-order valence-corrected chi connectivity index (χ0v) is 15.0. The first-order valence-electron chi connectivity index (χ1n) is 7.85. The Bertz CT molecular complexity index is 519. The topological polar surface area (TPSA) is 12.0 Å². The number of fused-ring (bicyclic) bond motifs is 5. The Balaban J connectivity index is 1.56. The van der Waals surface area contributed by atoms with Gasteiger partial charge in [-0.2, -0.15) is 0 Å². The highest BCUT2D eigenvalue weighted by molar-refractivity contribution is 9.11. The molecule has 2 bridgehead atoms. The van der Waals surface area contributed by atoms with E-state index < -0.39 is 0 Å². The van der Waals surface area contributed by atoms with Crippen LogP contribution >= 0.6 is 31.9 Å². The molecule has 108 valence electrons. The number of nitrogens with one attached hydrogen (secondary N) is 1. The van der Waals surface area contributed by atoms with Crippen molar-refractivity contribution in [1.29, 1.82) is 0 Å². The molecule has 0 amide bonds. The third-order valence-corrected chi connectivity index (χ3v) is 7.20. The second kappa shape index (κ2) is 5.01. The van der Waals surface area contributed by atoms with Crippen molar-refractivity contribution in [3.05, 3.63) is 26.6 Å². The van der Waals surface area contributed by atoms with Crippen LogP contribution in [0.1, 0.15) is 37.7 Å². The molecule has 1 aromatic carbocycles. The summed E-state index contributed by atoms with van der Waals surface area (Å²) in [6.45, 7) is 2.14. The molecular weight excluding hydrogens is 378 g/mol.